The smallest absolute Gasteiger partial charge is 0.254 e. The number of amides is 1. The van der Waals surface area contributed by atoms with Crippen molar-refractivity contribution >= 4 is 27.5 Å². The second-order valence-electron chi connectivity index (χ2n) is 8.49. The number of hydrogen-bond donors (Lipinski definition) is 0. The first kappa shape index (κ1) is 22.4. The highest BCUT2D eigenvalue weighted by molar-refractivity contribution is 7.18. The third kappa shape index (κ3) is 4.25. The fourth-order valence-corrected chi connectivity index (χ4v) is 5.52. The van der Waals surface area contributed by atoms with E-state index in [1.165, 1.54) is 0 Å². The zero-order chi connectivity index (χ0) is 23.7. The molecule has 0 N–H and O–H groups in total. The molecular weight excluding hydrogens is 450 g/mol. The summed E-state index contributed by atoms with van der Waals surface area (Å²) in [6.07, 6.45) is 2.99. The number of hydrogen-bond acceptors (Lipinski definition) is 7. The molecule has 3 heterocycles. The zero-order valence-corrected chi connectivity index (χ0v) is 20.4. The van der Waals surface area contributed by atoms with Crippen LogP contribution in [0, 0.1) is 13.8 Å². The largest absolute Gasteiger partial charge is 0.493 e. The van der Waals surface area contributed by atoms with E-state index in [-0.39, 0.29) is 11.9 Å². The molecule has 0 radical (unpaired) electrons. The molecule has 1 aliphatic rings. The molecule has 34 heavy (non-hydrogen) atoms. The lowest BCUT2D eigenvalue weighted by Gasteiger charge is -2.34. The summed E-state index contributed by atoms with van der Waals surface area (Å²) in [5, 5.41) is 4.97. The Hall–Kier alpha value is -3.39. The minimum absolute atomic E-state index is 0.0138. The van der Waals surface area contributed by atoms with Crippen LogP contribution >= 0.6 is 11.3 Å². The number of methoxy groups -OCH3 is 1. The first-order valence-corrected chi connectivity index (χ1v) is 12.3. The average molecular weight is 478 g/mol. The van der Waals surface area contributed by atoms with Crippen LogP contribution in [0.15, 0.2) is 47.0 Å². The highest BCUT2D eigenvalue weighted by Gasteiger charge is 2.31. The maximum Gasteiger partial charge on any atom is 0.254 e. The molecule has 8 heteroatoms. The lowest BCUT2D eigenvalue weighted by atomic mass is 10.0. The fraction of sp³-hybridized carbons (Fsp3) is 0.346. The van der Waals surface area contributed by atoms with E-state index < -0.39 is 0 Å². The predicted octanol–water partition coefficient (Wildman–Crippen LogP) is 5.86. The van der Waals surface area contributed by atoms with Gasteiger partial charge in [0.05, 0.1) is 34.6 Å². The Labute approximate surface area is 202 Å². The number of rotatable bonds is 6. The summed E-state index contributed by atoms with van der Waals surface area (Å²) in [6.45, 7) is 4.77. The molecule has 5 rings (SSSR count). The van der Waals surface area contributed by atoms with Crippen molar-refractivity contribution in [3.8, 4) is 11.5 Å². The van der Waals surface area contributed by atoms with Gasteiger partial charge < -0.3 is 18.9 Å². The molecule has 1 fully saturated rings. The van der Waals surface area contributed by atoms with E-state index in [2.05, 4.69) is 11.2 Å². The van der Waals surface area contributed by atoms with Gasteiger partial charge in [-0.15, -0.1) is 11.3 Å². The summed E-state index contributed by atoms with van der Waals surface area (Å²) in [6, 6.07) is 13.5. The van der Waals surface area contributed by atoms with Crippen molar-refractivity contribution in [3.05, 3.63) is 70.1 Å². The topological polar surface area (TPSA) is 77.7 Å². The van der Waals surface area contributed by atoms with Crippen molar-refractivity contribution < 1.29 is 18.8 Å². The van der Waals surface area contributed by atoms with Crippen LogP contribution in [0.2, 0.25) is 0 Å². The Morgan fingerprint density at radius 1 is 1.18 bits per heavy atom. The quantitative estimate of drug-likeness (QED) is 0.346. The number of piperidine rings is 1. The van der Waals surface area contributed by atoms with Gasteiger partial charge in [0.15, 0.2) is 11.5 Å². The maximum atomic E-state index is 13.6. The summed E-state index contributed by atoms with van der Waals surface area (Å²) in [4.78, 5) is 20.4. The summed E-state index contributed by atoms with van der Waals surface area (Å²) in [5.41, 5.74) is 3.28. The van der Waals surface area contributed by atoms with E-state index >= 15 is 0 Å². The van der Waals surface area contributed by atoms with E-state index in [9.17, 15) is 4.79 Å². The van der Waals surface area contributed by atoms with Crippen LogP contribution in [0.25, 0.3) is 10.2 Å². The van der Waals surface area contributed by atoms with Gasteiger partial charge in [-0.1, -0.05) is 17.3 Å². The summed E-state index contributed by atoms with van der Waals surface area (Å²) in [7, 11) is 1.58. The number of aromatic nitrogens is 2. The molecule has 7 nitrogen and oxygen atoms in total. The molecule has 176 valence electrons. The van der Waals surface area contributed by atoms with Crippen LogP contribution in [0.1, 0.15) is 57.7 Å². The Bertz CT molecular complexity index is 1280. The van der Waals surface area contributed by atoms with Crippen LogP contribution in [0.5, 0.6) is 11.5 Å². The number of likely N-dealkylation sites (tertiary alicyclic amines) is 1. The van der Waals surface area contributed by atoms with Gasteiger partial charge in [-0.05, 0) is 63.4 Å². The molecule has 2 aromatic heterocycles. The Kier molecular flexibility index (Phi) is 6.24. The van der Waals surface area contributed by atoms with E-state index in [0.717, 1.165) is 51.5 Å². The molecule has 4 aromatic rings. The predicted molar refractivity (Wildman–Crippen MR) is 131 cm³/mol. The van der Waals surface area contributed by atoms with Crippen LogP contribution in [0.3, 0.4) is 0 Å². The highest BCUT2D eigenvalue weighted by atomic mass is 32.1. The molecule has 1 unspecified atom stereocenters. The molecule has 1 atom stereocenters. The summed E-state index contributed by atoms with van der Waals surface area (Å²) < 4.78 is 17.9. The van der Waals surface area contributed by atoms with Crippen LogP contribution in [-0.2, 0) is 6.61 Å². The molecule has 0 saturated carbocycles. The van der Waals surface area contributed by atoms with Gasteiger partial charge in [0.25, 0.3) is 5.91 Å². The van der Waals surface area contributed by atoms with Gasteiger partial charge in [0.2, 0.25) is 0 Å². The van der Waals surface area contributed by atoms with E-state index in [0.29, 0.717) is 30.2 Å². The fourth-order valence-electron chi connectivity index (χ4n) is 4.41. The molecule has 0 aliphatic carbocycles. The number of benzene rings is 2. The van der Waals surface area contributed by atoms with Crippen molar-refractivity contribution in [2.24, 2.45) is 0 Å². The Morgan fingerprint density at radius 3 is 2.79 bits per heavy atom. The number of thiazole rings is 1. The minimum atomic E-state index is -0.0143. The second-order valence-corrected chi connectivity index (χ2v) is 9.55. The Morgan fingerprint density at radius 2 is 2.03 bits per heavy atom. The number of fused-ring (bicyclic) bond motifs is 1. The average Bonchev–Trinajstić information content (AvgIpc) is 3.45. The number of para-hydroxylation sites is 1. The molecule has 1 saturated heterocycles. The standard InChI is InChI=1S/C26H27N3O4S/c1-16-19(17(2)33-28-16)15-32-22-12-11-18(14-23(22)31-3)26(30)29-13-7-6-9-21(29)25-27-20-8-4-5-10-24(20)34-25/h4-5,8,10-12,14,21H,6-7,9,13,15H2,1-3H3. The lowest BCUT2D eigenvalue weighted by molar-refractivity contribution is 0.0611. The number of carbonyl (C=O) groups excluding carboxylic acids is 1. The first-order valence-electron chi connectivity index (χ1n) is 11.4. The van der Waals surface area contributed by atoms with Crippen molar-refractivity contribution in [1.82, 2.24) is 15.0 Å². The number of aryl methyl sites for hydroxylation is 2. The minimum Gasteiger partial charge on any atom is -0.493 e. The van der Waals surface area contributed by atoms with Crippen molar-refractivity contribution in [1.29, 1.82) is 0 Å². The lowest BCUT2D eigenvalue weighted by Crippen LogP contribution is -2.38. The van der Waals surface area contributed by atoms with Gasteiger partial charge in [-0.25, -0.2) is 4.98 Å². The third-order valence-electron chi connectivity index (χ3n) is 6.32. The van der Waals surface area contributed by atoms with E-state index in [1.54, 1.807) is 36.6 Å². The maximum absolute atomic E-state index is 13.6. The van der Waals surface area contributed by atoms with Crippen molar-refractivity contribution in [2.75, 3.05) is 13.7 Å². The summed E-state index contributed by atoms with van der Waals surface area (Å²) in [5.74, 6) is 1.81. The molecule has 2 aromatic carbocycles. The number of ether oxygens (including phenoxy) is 2. The summed E-state index contributed by atoms with van der Waals surface area (Å²) >= 11 is 1.68. The first-order chi connectivity index (χ1) is 16.5. The normalized spacial score (nSPS) is 16.1. The SMILES string of the molecule is COc1cc(C(=O)N2CCCCC2c2nc3ccccc3s2)ccc1OCc1c(C)noc1C. The highest BCUT2D eigenvalue weighted by Crippen LogP contribution is 2.37. The van der Waals surface area contributed by atoms with Crippen molar-refractivity contribution in [2.45, 2.75) is 45.8 Å². The molecule has 1 amide bonds. The van der Waals surface area contributed by atoms with Gasteiger partial charge in [0, 0.05) is 12.1 Å². The Balaban J connectivity index is 1.38. The van der Waals surface area contributed by atoms with E-state index in [4.69, 9.17) is 19.0 Å². The third-order valence-corrected chi connectivity index (χ3v) is 7.46. The van der Waals surface area contributed by atoms with Crippen LogP contribution in [-0.4, -0.2) is 34.6 Å². The second kappa shape index (κ2) is 9.46. The molecule has 0 bridgehead atoms. The van der Waals surface area contributed by atoms with Gasteiger partial charge in [-0.3, -0.25) is 4.79 Å². The van der Waals surface area contributed by atoms with Crippen molar-refractivity contribution in [3.63, 3.8) is 0 Å². The monoisotopic (exact) mass is 477 g/mol. The molecule has 1 aliphatic heterocycles. The van der Waals surface area contributed by atoms with E-state index in [1.807, 2.05) is 36.9 Å². The van der Waals surface area contributed by atoms with Gasteiger partial charge in [0.1, 0.15) is 17.4 Å². The zero-order valence-electron chi connectivity index (χ0n) is 19.5. The molecular formula is C26H27N3O4S. The van der Waals surface area contributed by atoms with Gasteiger partial charge in [-0.2, -0.15) is 0 Å². The van der Waals surface area contributed by atoms with Crippen LogP contribution in [0.4, 0.5) is 0 Å². The molecule has 0 spiro atoms. The van der Waals surface area contributed by atoms with Gasteiger partial charge >= 0.3 is 0 Å². The number of nitrogens with zero attached hydrogens (tertiary/aromatic N) is 3. The number of carbonyl (C=O) groups is 1. The van der Waals surface area contributed by atoms with Crippen LogP contribution < -0.4 is 9.47 Å².